The molecule has 6 nitrogen and oxygen atoms in total. The lowest BCUT2D eigenvalue weighted by Crippen LogP contribution is -2.24. The second-order valence-electron chi connectivity index (χ2n) is 3.59. The summed E-state index contributed by atoms with van der Waals surface area (Å²) in [4.78, 5) is 21.1. The molecule has 1 aromatic rings. The molecule has 0 unspecified atom stereocenters. The van der Waals surface area contributed by atoms with Gasteiger partial charge in [-0.3, -0.25) is 4.79 Å². The third-order valence-corrected chi connectivity index (χ3v) is 2.37. The SMILES string of the molecule is NC=O.O=C(O)C1=CC=CN(c2ccccc2O)C1. The van der Waals surface area contributed by atoms with E-state index >= 15 is 0 Å². The Morgan fingerprint density at radius 1 is 1.37 bits per heavy atom. The van der Waals surface area contributed by atoms with Crippen molar-refractivity contribution in [3.63, 3.8) is 0 Å². The van der Waals surface area contributed by atoms with Crippen LogP contribution in [-0.4, -0.2) is 29.1 Å². The number of primary amides is 1. The number of anilines is 1. The van der Waals surface area contributed by atoms with Crippen LogP contribution in [0.3, 0.4) is 0 Å². The van der Waals surface area contributed by atoms with Gasteiger partial charge in [-0.2, -0.15) is 0 Å². The van der Waals surface area contributed by atoms with Crippen LogP contribution >= 0.6 is 0 Å². The Morgan fingerprint density at radius 2 is 2.00 bits per heavy atom. The van der Waals surface area contributed by atoms with E-state index in [4.69, 9.17) is 9.90 Å². The van der Waals surface area contributed by atoms with Crippen LogP contribution in [0.4, 0.5) is 5.69 Å². The molecule has 0 bridgehead atoms. The molecule has 0 saturated heterocycles. The molecule has 4 N–H and O–H groups in total. The minimum Gasteiger partial charge on any atom is -0.506 e. The van der Waals surface area contributed by atoms with E-state index in [2.05, 4.69) is 5.73 Å². The fourth-order valence-corrected chi connectivity index (χ4v) is 1.56. The highest BCUT2D eigenvalue weighted by Crippen LogP contribution is 2.28. The van der Waals surface area contributed by atoms with E-state index in [0.717, 1.165) is 0 Å². The van der Waals surface area contributed by atoms with Crippen LogP contribution in [0, 0.1) is 0 Å². The summed E-state index contributed by atoms with van der Waals surface area (Å²) in [5.74, 6) is -0.802. The van der Waals surface area contributed by atoms with E-state index in [0.29, 0.717) is 11.3 Å². The quantitative estimate of drug-likeness (QED) is 0.685. The zero-order valence-electron chi connectivity index (χ0n) is 10.1. The molecule has 1 aliphatic heterocycles. The maximum Gasteiger partial charge on any atom is 0.333 e. The number of aliphatic carboxylic acids is 1. The summed E-state index contributed by atoms with van der Waals surface area (Å²) in [5.41, 5.74) is 5.07. The van der Waals surface area contributed by atoms with Gasteiger partial charge in [-0.1, -0.05) is 12.1 Å². The molecule has 19 heavy (non-hydrogen) atoms. The average Bonchev–Trinajstić information content (AvgIpc) is 2.40. The molecule has 6 heteroatoms. The molecule has 0 fully saturated rings. The predicted octanol–water partition coefficient (Wildman–Crippen LogP) is 0.838. The van der Waals surface area contributed by atoms with Crippen molar-refractivity contribution < 1.29 is 19.8 Å². The number of benzene rings is 1. The van der Waals surface area contributed by atoms with Crippen molar-refractivity contribution in [2.24, 2.45) is 5.73 Å². The van der Waals surface area contributed by atoms with E-state index in [1.807, 2.05) is 0 Å². The molecule has 0 atom stereocenters. The van der Waals surface area contributed by atoms with Gasteiger partial charge in [-0.15, -0.1) is 0 Å². The minimum atomic E-state index is -0.940. The number of rotatable bonds is 2. The molecule has 1 aliphatic rings. The maximum atomic E-state index is 10.8. The Morgan fingerprint density at radius 3 is 2.58 bits per heavy atom. The van der Waals surface area contributed by atoms with E-state index in [-0.39, 0.29) is 18.7 Å². The number of carboxylic acid groups (broad SMARTS) is 1. The Bertz CT molecular complexity index is 523. The number of phenols is 1. The number of nitrogens with two attached hydrogens (primary N) is 1. The molecule has 1 amide bonds. The number of para-hydroxylation sites is 2. The number of amides is 1. The Kier molecular flexibility index (Phi) is 5.16. The molecule has 1 heterocycles. The van der Waals surface area contributed by atoms with Crippen LogP contribution in [-0.2, 0) is 9.59 Å². The summed E-state index contributed by atoms with van der Waals surface area (Å²) in [6.07, 6.45) is 5.19. The molecular weight excluding hydrogens is 248 g/mol. The van der Waals surface area contributed by atoms with Crippen molar-refractivity contribution in [3.05, 3.63) is 48.2 Å². The van der Waals surface area contributed by atoms with Gasteiger partial charge in [-0.05, 0) is 24.3 Å². The summed E-state index contributed by atoms with van der Waals surface area (Å²) in [7, 11) is 0. The largest absolute Gasteiger partial charge is 0.506 e. The second kappa shape index (κ2) is 6.85. The van der Waals surface area contributed by atoms with Crippen molar-refractivity contribution in [2.75, 3.05) is 11.4 Å². The highest BCUT2D eigenvalue weighted by molar-refractivity contribution is 5.89. The van der Waals surface area contributed by atoms with Crippen LogP contribution in [0.25, 0.3) is 0 Å². The number of carbonyl (C=O) groups excluding carboxylic acids is 1. The Hall–Kier alpha value is -2.76. The van der Waals surface area contributed by atoms with Crippen molar-refractivity contribution in [2.45, 2.75) is 0 Å². The first-order valence-electron chi connectivity index (χ1n) is 5.40. The number of carboxylic acids is 1. The van der Waals surface area contributed by atoms with Gasteiger partial charge in [-0.25, -0.2) is 4.79 Å². The topological polar surface area (TPSA) is 104 Å². The molecule has 0 aromatic heterocycles. The van der Waals surface area contributed by atoms with Crippen LogP contribution in [0.2, 0.25) is 0 Å². The van der Waals surface area contributed by atoms with E-state index < -0.39 is 5.97 Å². The lowest BCUT2D eigenvalue weighted by molar-refractivity contribution is -0.132. The van der Waals surface area contributed by atoms with Gasteiger partial charge < -0.3 is 20.8 Å². The normalized spacial score (nSPS) is 13.1. The van der Waals surface area contributed by atoms with Crippen molar-refractivity contribution in [1.29, 1.82) is 0 Å². The summed E-state index contributed by atoms with van der Waals surface area (Å²) in [6.45, 7) is 0.253. The number of carbonyl (C=O) groups is 2. The third-order valence-electron chi connectivity index (χ3n) is 2.37. The number of hydrogen-bond donors (Lipinski definition) is 3. The van der Waals surface area contributed by atoms with Gasteiger partial charge >= 0.3 is 5.97 Å². The van der Waals surface area contributed by atoms with Gasteiger partial charge in [0.05, 0.1) is 17.8 Å². The molecule has 0 radical (unpaired) electrons. The van der Waals surface area contributed by atoms with Gasteiger partial charge in [0.2, 0.25) is 6.41 Å². The number of phenolic OH excluding ortho intramolecular Hbond substituents is 1. The molecular formula is C13H14N2O4. The highest BCUT2D eigenvalue weighted by atomic mass is 16.4. The van der Waals surface area contributed by atoms with Crippen LogP contribution < -0.4 is 10.6 Å². The first-order chi connectivity index (χ1) is 9.10. The molecule has 0 aliphatic carbocycles. The fraction of sp³-hybridized carbons (Fsp3) is 0.0769. The zero-order chi connectivity index (χ0) is 14.3. The first kappa shape index (κ1) is 14.3. The fourth-order valence-electron chi connectivity index (χ4n) is 1.56. The van der Waals surface area contributed by atoms with Crippen LogP contribution in [0.15, 0.2) is 48.2 Å². The van der Waals surface area contributed by atoms with Gasteiger partial charge in [0, 0.05) is 6.20 Å². The molecule has 1 aromatic carbocycles. The smallest absolute Gasteiger partial charge is 0.333 e. The van der Waals surface area contributed by atoms with E-state index in [9.17, 15) is 9.90 Å². The number of hydrogen-bond acceptors (Lipinski definition) is 4. The lowest BCUT2D eigenvalue weighted by atomic mass is 10.1. The monoisotopic (exact) mass is 262 g/mol. The summed E-state index contributed by atoms with van der Waals surface area (Å²) >= 11 is 0. The Balaban J connectivity index is 0.000000550. The molecule has 2 rings (SSSR count). The number of aromatic hydroxyl groups is 1. The summed E-state index contributed by atoms with van der Waals surface area (Å²) in [5, 5.41) is 18.5. The predicted molar refractivity (Wildman–Crippen MR) is 70.6 cm³/mol. The van der Waals surface area contributed by atoms with Gasteiger partial charge in [0.25, 0.3) is 0 Å². The van der Waals surface area contributed by atoms with Crippen LogP contribution in [0.5, 0.6) is 5.75 Å². The van der Waals surface area contributed by atoms with Crippen molar-refractivity contribution >= 4 is 18.1 Å². The molecule has 100 valence electrons. The summed E-state index contributed by atoms with van der Waals surface area (Å²) < 4.78 is 0. The average molecular weight is 262 g/mol. The van der Waals surface area contributed by atoms with E-state index in [1.165, 1.54) is 0 Å². The Labute approximate surface area is 110 Å². The van der Waals surface area contributed by atoms with Gasteiger partial charge in [0.15, 0.2) is 0 Å². The van der Waals surface area contributed by atoms with E-state index in [1.54, 1.807) is 47.5 Å². The number of nitrogens with zero attached hydrogens (tertiary/aromatic N) is 1. The second-order valence-corrected chi connectivity index (χ2v) is 3.59. The highest BCUT2D eigenvalue weighted by Gasteiger charge is 2.16. The molecule has 0 saturated carbocycles. The first-order valence-corrected chi connectivity index (χ1v) is 5.40. The summed E-state index contributed by atoms with van der Waals surface area (Å²) in [6, 6.07) is 6.83. The van der Waals surface area contributed by atoms with Crippen LogP contribution in [0.1, 0.15) is 0 Å². The molecule has 0 spiro atoms. The third kappa shape index (κ3) is 3.88. The lowest BCUT2D eigenvalue weighted by Gasteiger charge is -2.23. The maximum absolute atomic E-state index is 10.8. The standard InChI is InChI=1S/C12H11NO3.CH3NO/c14-11-6-2-1-5-10(11)13-7-3-4-9(8-13)12(15)16;2-1-3/h1-7,14H,8H2,(H,15,16);1H,(H2,2,3). The van der Waals surface area contributed by atoms with Crippen molar-refractivity contribution in [1.82, 2.24) is 0 Å². The van der Waals surface area contributed by atoms with Gasteiger partial charge in [0.1, 0.15) is 5.75 Å². The minimum absolute atomic E-state index is 0.138. The zero-order valence-corrected chi connectivity index (χ0v) is 10.1. The number of allylic oxidation sites excluding steroid dienone is 2. The van der Waals surface area contributed by atoms with Crippen molar-refractivity contribution in [3.8, 4) is 5.75 Å².